The zero-order valence-electron chi connectivity index (χ0n) is 9.98. The van der Waals surface area contributed by atoms with Crippen LogP contribution >= 0.6 is 13.5 Å². The molecule has 88 valence electrons. The van der Waals surface area contributed by atoms with E-state index >= 15 is 0 Å². The van der Waals surface area contributed by atoms with Crippen LogP contribution in [0.2, 0.25) is 0 Å². The SMILES string of the molecule is CCCCCCOCCCCCC.S. The van der Waals surface area contributed by atoms with Gasteiger partial charge < -0.3 is 4.74 Å². The molecular formula is C12H28OS. The average Bonchev–Trinajstić information content (AvgIpc) is 2.16. The molecule has 0 aromatic heterocycles. The van der Waals surface area contributed by atoms with Gasteiger partial charge in [0.05, 0.1) is 0 Å². The Labute approximate surface area is 97.1 Å². The second-order valence-corrected chi connectivity index (χ2v) is 3.73. The third-order valence-electron chi connectivity index (χ3n) is 2.28. The van der Waals surface area contributed by atoms with Gasteiger partial charge in [-0.1, -0.05) is 52.4 Å². The number of rotatable bonds is 10. The van der Waals surface area contributed by atoms with E-state index in [2.05, 4.69) is 13.8 Å². The first-order valence-corrected chi connectivity index (χ1v) is 5.99. The van der Waals surface area contributed by atoms with Crippen LogP contribution in [0.5, 0.6) is 0 Å². The van der Waals surface area contributed by atoms with Crippen molar-refractivity contribution in [2.45, 2.75) is 65.2 Å². The van der Waals surface area contributed by atoms with Crippen LogP contribution in [0.25, 0.3) is 0 Å². The van der Waals surface area contributed by atoms with E-state index in [1.165, 1.54) is 51.4 Å². The molecule has 14 heavy (non-hydrogen) atoms. The first-order chi connectivity index (χ1) is 6.41. The highest BCUT2D eigenvalue weighted by Crippen LogP contribution is 2.01. The highest BCUT2D eigenvalue weighted by molar-refractivity contribution is 7.59. The molecule has 0 saturated carbocycles. The van der Waals surface area contributed by atoms with E-state index in [4.69, 9.17) is 4.74 Å². The monoisotopic (exact) mass is 220 g/mol. The number of unbranched alkanes of at least 4 members (excludes halogenated alkanes) is 6. The lowest BCUT2D eigenvalue weighted by Gasteiger charge is -2.03. The summed E-state index contributed by atoms with van der Waals surface area (Å²) in [4.78, 5) is 0. The zero-order valence-corrected chi connectivity index (χ0v) is 11.0. The largest absolute Gasteiger partial charge is 0.381 e. The summed E-state index contributed by atoms with van der Waals surface area (Å²) >= 11 is 0. The van der Waals surface area contributed by atoms with E-state index in [1.54, 1.807) is 0 Å². The molecule has 0 aliphatic heterocycles. The molecule has 0 heterocycles. The van der Waals surface area contributed by atoms with Crippen molar-refractivity contribution in [2.24, 2.45) is 0 Å². The lowest BCUT2D eigenvalue weighted by molar-refractivity contribution is 0.126. The highest BCUT2D eigenvalue weighted by Gasteiger charge is 1.90. The van der Waals surface area contributed by atoms with Gasteiger partial charge in [-0.2, -0.15) is 13.5 Å². The quantitative estimate of drug-likeness (QED) is 0.499. The molecule has 0 aromatic rings. The molecule has 0 radical (unpaired) electrons. The van der Waals surface area contributed by atoms with Gasteiger partial charge in [-0.25, -0.2) is 0 Å². The van der Waals surface area contributed by atoms with Crippen molar-refractivity contribution in [3.8, 4) is 0 Å². The van der Waals surface area contributed by atoms with E-state index in [0.717, 1.165) is 13.2 Å². The minimum atomic E-state index is 0. The zero-order chi connectivity index (χ0) is 9.78. The number of ether oxygens (including phenoxy) is 1. The molecular weight excluding hydrogens is 192 g/mol. The van der Waals surface area contributed by atoms with Gasteiger partial charge in [-0.15, -0.1) is 0 Å². The van der Waals surface area contributed by atoms with Crippen molar-refractivity contribution in [3.05, 3.63) is 0 Å². The van der Waals surface area contributed by atoms with Gasteiger partial charge in [0.15, 0.2) is 0 Å². The van der Waals surface area contributed by atoms with Crippen LogP contribution in [0.15, 0.2) is 0 Å². The molecule has 0 amide bonds. The van der Waals surface area contributed by atoms with Crippen LogP contribution in [-0.4, -0.2) is 13.2 Å². The third kappa shape index (κ3) is 14.8. The Kier molecular flexibility index (Phi) is 18.8. The normalized spacial score (nSPS) is 9.86. The number of hydrogen-bond donors (Lipinski definition) is 0. The maximum absolute atomic E-state index is 5.53. The molecule has 0 aliphatic carbocycles. The predicted molar refractivity (Wildman–Crippen MR) is 69.5 cm³/mol. The topological polar surface area (TPSA) is 9.23 Å². The molecule has 0 aromatic carbocycles. The second kappa shape index (κ2) is 15.8. The van der Waals surface area contributed by atoms with Crippen molar-refractivity contribution in [2.75, 3.05) is 13.2 Å². The standard InChI is InChI=1S/C12H26O.H2S/c1-3-5-7-9-11-13-12-10-8-6-4-2;/h3-12H2,1-2H3;1H2. The summed E-state index contributed by atoms with van der Waals surface area (Å²) < 4.78 is 5.53. The van der Waals surface area contributed by atoms with Crippen molar-refractivity contribution in [1.29, 1.82) is 0 Å². The maximum Gasteiger partial charge on any atom is 0.0466 e. The lowest BCUT2D eigenvalue weighted by atomic mass is 10.2. The minimum absolute atomic E-state index is 0. The van der Waals surface area contributed by atoms with Crippen molar-refractivity contribution >= 4 is 13.5 Å². The Bertz CT molecular complexity index is 76.4. The fourth-order valence-electron chi connectivity index (χ4n) is 1.36. The molecule has 0 aliphatic rings. The fourth-order valence-corrected chi connectivity index (χ4v) is 1.36. The molecule has 0 bridgehead atoms. The Hall–Kier alpha value is 0.310. The summed E-state index contributed by atoms with van der Waals surface area (Å²) in [5, 5.41) is 0. The Morgan fingerprint density at radius 2 is 1.07 bits per heavy atom. The highest BCUT2D eigenvalue weighted by atomic mass is 32.1. The molecule has 2 heteroatoms. The van der Waals surface area contributed by atoms with Gasteiger partial charge in [0.25, 0.3) is 0 Å². The second-order valence-electron chi connectivity index (χ2n) is 3.73. The molecule has 0 atom stereocenters. The average molecular weight is 220 g/mol. The fraction of sp³-hybridized carbons (Fsp3) is 1.00. The summed E-state index contributed by atoms with van der Waals surface area (Å²) in [6.07, 6.45) is 10.5. The van der Waals surface area contributed by atoms with Crippen molar-refractivity contribution in [1.82, 2.24) is 0 Å². The molecule has 0 unspecified atom stereocenters. The van der Waals surface area contributed by atoms with Gasteiger partial charge in [-0.05, 0) is 12.8 Å². The van der Waals surface area contributed by atoms with Crippen molar-refractivity contribution in [3.63, 3.8) is 0 Å². The predicted octanol–water partition coefficient (Wildman–Crippen LogP) is 4.28. The summed E-state index contributed by atoms with van der Waals surface area (Å²) in [6, 6.07) is 0. The van der Waals surface area contributed by atoms with E-state index in [-0.39, 0.29) is 13.5 Å². The smallest absolute Gasteiger partial charge is 0.0466 e. The summed E-state index contributed by atoms with van der Waals surface area (Å²) in [5.41, 5.74) is 0. The Morgan fingerprint density at radius 3 is 1.43 bits per heavy atom. The van der Waals surface area contributed by atoms with Crippen LogP contribution in [-0.2, 0) is 4.74 Å². The molecule has 0 saturated heterocycles. The van der Waals surface area contributed by atoms with E-state index in [1.807, 2.05) is 0 Å². The summed E-state index contributed by atoms with van der Waals surface area (Å²) in [5.74, 6) is 0. The number of hydrogen-bond acceptors (Lipinski definition) is 1. The van der Waals surface area contributed by atoms with E-state index in [9.17, 15) is 0 Å². The summed E-state index contributed by atoms with van der Waals surface area (Å²) in [7, 11) is 0. The van der Waals surface area contributed by atoms with E-state index < -0.39 is 0 Å². The van der Waals surface area contributed by atoms with Crippen LogP contribution in [0, 0.1) is 0 Å². The molecule has 0 N–H and O–H groups in total. The van der Waals surface area contributed by atoms with Crippen LogP contribution < -0.4 is 0 Å². The lowest BCUT2D eigenvalue weighted by Crippen LogP contribution is -1.96. The first-order valence-electron chi connectivity index (χ1n) is 5.99. The molecule has 0 rings (SSSR count). The van der Waals surface area contributed by atoms with Crippen molar-refractivity contribution < 1.29 is 4.74 Å². The van der Waals surface area contributed by atoms with Crippen LogP contribution in [0.4, 0.5) is 0 Å². The van der Waals surface area contributed by atoms with Gasteiger partial charge >= 0.3 is 0 Å². The molecule has 0 spiro atoms. The maximum atomic E-state index is 5.53. The molecule has 1 nitrogen and oxygen atoms in total. The Balaban J connectivity index is 0. The molecule has 0 fully saturated rings. The summed E-state index contributed by atoms with van der Waals surface area (Å²) in [6.45, 7) is 6.44. The minimum Gasteiger partial charge on any atom is -0.381 e. The van der Waals surface area contributed by atoms with Gasteiger partial charge in [0.1, 0.15) is 0 Å². The Morgan fingerprint density at radius 1 is 0.643 bits per heavy atom. The third-order valence-corrected chi connectivity index (χ3v) is 2.28. The van der Waals surface area contributed by atoms with Gasteiger partial charge in [0.2, 0.25) is 0 Å². The van der Waals surface area contributed by atoms with Crippen LogP contribution in [0.3, 0.4) is 0 Å². The van der Waals surface area contributed by atoms with Gasteiger partial charge in [0, 0.05) is 13.2 Å². The van der Waals surface area contributed by atoms with Crippen LogP contribution in [0.1, 0.15) is 65.2 Å². The van der Waals surface area contributed by atoms with E-state index in [0.29, 0.717) is 0 Å². The van der Waals surface area contributed by atoms with Gasteiger partial charge in [-0.3, -0.25) is 0 Å². The first kappa shape index (κ1) is 16.7.